The molecule has 1 aromatic heterocycles. The van der Waals surface area contributed by atoms with E-state index in [9.17, 15) is 43.5 Å². The number of aromatic nitrogens is 1. The number of rotatable bonds is 15. The number of nitrogens with zero attached hydrogens (tertiary/aromatic N) is 4. The Labute approximate surface area is 501 Å². The van der Waals surface area contributed by atoms with Crippen LogP contribution in [-0.4, -0.2) is 126 Å². The molecule has 5 atom stereocenters. The molecule has 3 aromatic rings. The second-order valence-electron chi connectivity index (χ2n) is 28.1. The van der Waals surface area contributed by atoms with Gasteiger partial charge in [0.1, 0.15) is 69.9 Å². The molecule has 1 saturated heterocycles. The molecule has 85 heavy (non-hydrogen) atoms. The Hall–Kier alpha value is -7.45. The van der Waals surface area contributed by atoms with Crippen molar-refractivity contribution in [1.82, 2.24) is 14.7 Å². The lowest BCUT2D eigenvalue weighted by atomic mass is 9.90. The summed E-state index contributed by atoms with van der Waals surface area (Å²) in [6.45, 7) is 33.6. The van der Waals surface area contributed by atoms with E-state index in [1.165, 1.54) is 11.1 Å². The topological polar surface area (TPSA) is 244 Å². The van der Waals surface area contributed by atoms with Crippen LogP contribution >= 0.6 is 0 Å². The number of ether oxygens (including phenoxy) is 8. The molecule has 0 unspecified atom stereocenters. The van der Waals surface area contributed by atoms with Crippen LogP contribution in [0.15, 0.2) is 73.1 Å². The van der Waals surface area contributed by atoms with Crippen molar-refractivity contribution in [2.24, 2.45) is 0 Å². The van der Waals surface area contributed by atoms with Crippen LogP contribution in [0.25, 0.3) is 0 Å². The summed E-state index contributed by atoms with van der Waals surface area (Å²) in [6, 6.07) is 12.6. The summed E-state index contributed by atoms with van der Waals surface area (Å²) in [5.41, 5.74) is -6.57. The molecular weight excluding hydrogens is 1100 g/mol. The first-order valence-electron chi connectivity index (χ1n) is 28.7. The minimum Gasteiger partial charge on any atom is -0.503 e. The van der Waals surface area contributed by atoms with Crippen molar-refractivity contribution in [2.45, 2.75) is 254 Å². The molecule has 0 spiro atoms. The van der Waals surface area contributed by atoms with Crippen molar-refractivity contribution < 1.29 is 85.9 Å². The highest BCUT2D eigenvalue weighted by Gasteiger charge is 2.50. The van der Waals surface area contributed by atoms with Crippen LogP contribution in [0.3, 0.4) is 0 Å². The Bertz CT molecular complexity index is 2790. The van der Waals surface area contributed by atoms with Crippen molar-refractivity contribution in [3.63, 3.8) is 0 Å². The number of aryl methyl sites for hydroxylation is 2. The van der Waals surface area contributed by atoms with E-state index < -0.39 is 136 Å². The van der Waals surface area contributed by atoms with Gasteiger partial charge in [-0.25, -0.2) is 42.9 Å². The minimum absolute atomic E-state index is 0.0106. The van der Waals surface area contributed by atoms with Gasteiger partial charge in [-0.05, 0) is 176 Å². The number of aromatic hydroxyl groups is 1. The van der Waals surface area contributed by atoms with E-state index in [1.54, 1.807) is 156 Å². The van der Waals surface area contributed by atoms with Crippen molar-refractivity contribution in [2.75, 3.05) is 0 Å². The molecule has 5 amide bonds. The lowest BCUT2D eigenvalue weighted by molar-refractivity contribution is -0.698. The predicted octanol–water partition coefficient (Wildman–Crippen LogP) is 12.3. The highest BCUT2D eigenvalue weighted by molar-refractivity contribution is 5.95. The Morgan fingerprint density at radius 2 is 0.929 bits per heavy atom. The summed E-state index contributed by atoms with van der Waals surface area (Å²) >= 11 is 0. The van der Waals surface area contributed by atoms with E-state index in [1.807, 2.05) is 60.7 Å². The molecule has 1 fully saturated rings. The van der Waals surface area contributed by atoms with E-state index >= 15 is 0 Å². The highest BCUT2D eigenvalue weighted by atomic mass is 16.6. The van der Waals surface area contributed by atoms with Gasteiger partial charge >= 0.3 is 48.4 Å². The van der Waals surface area contributed by atoms with Gasteiger partial charge in [-0.3, -0.25) is 4.90 Å². The van der Waals surface area contributed by atoms with E-state index in [0.29, 0.717) is 20.9 Å². The molecule has 0 saturated carbocycles. The number of cyclic esters (lactones) is 1. The maximum Gasteiger partial charge on any atom is 0.420 e. The van der Waals surface area contributed by atoms with Gasteiger partial charge in [0.25, 0.3) is 0 Å². The van der Waals surface area contributed by atoms with Crippen molar-refractivity contribution >= 4 is 48.4 Å². The first kappa shape index (κ1) is 70.0. The van der Waals surface area contributed by atoms with Gasteiger partial charge in [0, 0.05) is 24.0 Å². The number of carbonyl (C=O) groups is 8. The first-order valence-corrected chi connectivity index (χ1v) is 28.7. The molecule has 0 radical (unpaired) electrons. The third-order valence-electron chi connectivity index (χ3n) is 11.9. The number of amides is 5. The monoisotopic (exact) mass is 1190 g/mol. The van der Waals surface area contributed by atoms with E-state index in [0.717, 1.165) is 0 Å². The number of hydrogen-bond acceptors (Lipinski definition) is 17. The fourth-order valence-electron chi connectivity index (χ4n) is 8.93. The van der Waals surface area contributed by atoms with Crippen molar-refractivity contribution in [3.05, 3.63) is 95.3 Å². The third-order valence-corrected chi connectivity index (χ3v) is 11.9. The van der Waals surface area contributed by atoms with E-state index in [2.05, 4.69) is 0 Å². The number of hydrogen-bond donors (Lipinski definition) is 1. The van der Waals surface area contributed by atoms with Crippen LogP contribution in [0.5, 0.6) is 5.75 Å². The second kappa shape index (κ2) is 27.3. The molecule has 0 aliphatic carbocycles. The summed E-state index contributed by atoms with van der Waals surface area (Å²) in [7, 11) is 0. The Morgan fingerprint density at radius 3 is 1.34 bits per heavy atom. The Kier molecular flexibility index (Phi) is 22.5. The maximum absolute atomic E-state index is 14.7. The lowest BCUT2D eigenvalue weighted by Gasteiger charge is -2.45. The zero-order valence-corrected chi connectivity index (χ0v) is 53.8. The highest BCUT2D eigenvalue weighted by Crippen LogP contribution is 2.44. The number of pyridine rings is 1. The summed E-state index contributed by atoms with van der Waals surface area (Å²) in [5, 5.41) is 12.4. The lowest BCUT2D eigenvalue weighted by Crippen LogP contribution is -2.55. The summed E-state index contributed by atoms with van der Waals surface area (Å²) < 4.78 is 48.4. The van der Waals surface area contributed by atoms with Crippen LogP contribution in [0, 0.1) is 0 Å². The average Bonchev–Trinajstić information content (AvgIpc) is 1.86. The van der Waals surface area contributed by atoms with Crippen LogP contribution in [0.4, 0.5) is 24.0 Å². The van der Waals surface area contributed by atoms with Crippen molar-refractivity contribution in [3.8, 4) is 5.75 Å². The number of morpholine rings is 1. The molecule has 1 aliphatic heterocycles. The fraction of sp³-hybridized carbons (Fsp3) is 0.609. The van der Waals surface area contributed by atoms with Gasteiger partial charge in [0.05, 0.1) is 0 Å². The Balaban J connectivity index is 1.99. The molecule has 21 heteroatoms. The molecule has 0 bridgehead atoms. The second-order valence-corrected chi connectivity index (χ2v) is 28.1. The van der Waals surface area contributed by atoms with Gasteiger partial charge in [-0.2, -0.15) is 9.80 Å². The summed E-state index contributed by atoms with van der Waals surface area (Å²) in [4.78, 5) is 118. The van der Waals surface area contributed by atoms with Gasteiger partial charge in [-0.1, -0.05) is 60.7 Å². The van der Waals surface area contributed by atoms with Crippen LogP contribution < -0.4 is 4.57 Å². The molecule has 1 aliphatic rings. The summed E-state index contributed by atoms with van der Waals surface area (Å²) in [6.07, 6.45) is -4.97. The Morgan fingerprint density at radius 1 is 0.541 bits per heavy atom. The molecule has 470 valence electrons. The maximum atomic E-state index is 14.7. The van der Waals surface area contributed by atoms with Crippen LogP contribution in [-0.2, 0) is 71.7 Å². The van der Waals surface area contributed by atoms with Crippen molar-refractivity contribution in [1.29, 1.82) is 0 Å². The zero-order valence-electron chi connectivity index (χ0n) is 53.8. The standard InChI is InChI=1S/C64H92N4O17/c1-58(2,3)79-51(71)45(67(54(74)82-61(10,11)12)55(75)83-62(13,14)15)35-34-42-38-65(39-47(69)43(42)37-46(52(72)80-59(4,5)6)68(56(76)84-63(16,17)18)57(77)85-64(19,20)21)36-28-33-44-50(70)78-49(41-31-26-23-27-32-41)48(40-29-24-22-25-30-40)66(44)53(73)81-60(7,8)9/h22-27,29-32,38-39,44-46,48-49H,28,33-37H2,1-21H3/p+1/t44-,45-,46-,48-,49+/m0/s1. The smallest absolute Gasteiger partial charge is 0.420 e. The van der Waals surface area contributed by atoms with E-state index in [4.69, 9.17) is 37.9 Å². The molecule has 1 N–H and O–H groups in total. The normalized spacial score (nSPS) is 16.8. The van der Waals surface area contributed by atoms with Crippen LogP contribution in [0.2, 0.25) is 0 Å². The predicted molar refractivity (Wildman–Crippen MR) is 314 cm³/mol. The quantitative estimate of drug-likeness (QED) is 0.0844. The third kappa shape index (κ3) is 22.2. The van der Waals surface area contributed by atoms with Gasteiger partial charge < -0.3 is 43.0 Å². The number of imide groups is 2. The summed E-state index contributed by atoms with van der Waals surface area (Å²) in [5.74, 6) is -3.28. The van der Waals surface area contributed by atoms with Gasteiger partial charge in [0.15, 0.2) is 18.1 Å². The van der Waals surface area contributed by atoms with Gasteiger partial charge in [-0.15, -0.1) is 0 Å². The largest absolute Gasteiger partial charge is 0.503 e. The average molecular weight is 1190 g/mol. The molecule has 4 rings (SSSR count). The first-order chi connectivity index (χ1) is 38.7. The molecule has 2 aromatic carbocycles. The number of esters is 3. The zero-order chi connectivity index (χ0) is 64.6. The minimum atomic E-state index is -1.89. The number of benzene rings is 2. The molecular formula is C64H93N4O17+. The molecule has 21 nitrogen and oxygen atoms in total. The van der Waals surface area contributed by atoms with Crippen LogP contribution in [0.1, 0.15) is 199 Å². The fourth-order valence-corrected chi connectivity index (χ4v) is 8.93. The molecule has 2 heterocycles. The van der Waals surface area contributed by atoms with E-state index in [-0.39, 0.29) is 36.9 Å². The van der Waals surface area contributed by atoms with Gasteiger partial charge in [0.2, 0.25) is 6.20 Å². The number of carbonyl (C=O) groups excluding carboxylic acids is 8. The SMILES string of the molecule is CC(C)(C)OC(=O)[C@H](CCc1c[n+](CCC[C@H]2C(=O)O[C@H](c3ccccc3)[C@H](c3ccccc3)N2C(=O)OC(C)(C)C)cc(O)c1C[C@@H](C(=O)OC(C)(C)C)N(C(=O)OC(C)(C)C)C(=O)OC(C)(C)C)N(C(=O)OC(C)(C)C)C(=O)OC(C)(C)C.